The Bertz CT molecular complexity index is 508. The van der Waals surface area contributed by atoms with Gasteiger partial charge in [-0.25, -0.2) is 4.39 Å². The summed E-state index contributed by atoms with van der Waals surface area (Å²) in [6.07, 6.45) is 0. The van der Waals surface area contributed by atoms with Crippen LogP contribution in [0.2, 0.25) is 0 Å². The molecule has 2 nitrogen and oxygen atoms in total. The molecule has 0 aliphatic heterocycles. The van der Waals surface area contributed by atoms with Crippen molar-refractivity contribution >= 4 is 17.0 Å². The molecule has 0 unspecified atom stereocenters. The van der Waals surface area contributed by atoms with Crippen molar-refractivity contribution in [1.29, 1.82) is 0 Å². The molecule has 0 aliphatic carbocycles. The minimum absolute atomic E-state index is 0.163. The second kappa shape index (κ2) is 4.37. The van der Waals surface area contributed by atoms with E-state index in [0.717, 1.165) is 4.88 Å². The fourth-order valence-electron chi connectivity index (χ4n) is 1.42. The fraction of sp³-hybridized carbons (Fsp3) is 0. The highest BCUT2D eigenvalue weighted by Gasteiger charge is 2.07. The molecular weight excluding hydrogens is 225 g/mol. The molecule has 0 amide bonds. The largest absolute Gasteiger partial charge is 0.495 e. The van der Waals surface area contributed by atoms with Gasteiger partial charge in [0.05, 0.1) is 0 Å². The number of hydrogen-bond acceptors (Lipinski definition) is 3. The first-order valence-electron chi connectivity index (χ1n) is 4.65. The van der Waals surface area contributed by atoms with Gasteiger partial charge in [0.25, 0.3) is 0 Å². The van der Waals surface area contributed by atoms with Gasteiger partial charge in [-0.1, -0.05) is 6.07 Å². The highest BCUT2D eigenvalue weighted by molar-refractivity contribution is 7.13. The fourth-order valence-corrected chi connectivity index (χ4v) is 2.17. The van der Waals surface area contributed by atoms with Gasteiger partial charge in [0, 0.05) is 16.1 Å². The van der Waals surface area contributed by atoms with E-state index in [1.54, 1.807) is 6.07 Å². The first-order chi connectivity index (χ1) is 7.66. The molecule has 16 heavy (non-hydrogen) atoms. The zero-order chi connectivity index (χ0) is 11.5. The van der Waals surface area contributed by atoms with Crippen LogP contribution < -0.4 is 5.32 Å². The van der Waals surface area contributed by atoms with Gasteiger partial charge >= 0.3 is 0 Å². The molecular formula is C12H10FNOS. The van der Waals surface area contributed by atoms with E-state index >= 15 is 0 Å². The summed E-state index contributed by atoms with van der Waals surface area (Å²) in [7, 11) is 0. The van der Waals surface area contributed by atoms with Crippen molar-refractivity contribution in [3.8, 4) is 10.4 Å². The zero-order valence-corrected chi connectivity index (χ0v) is 9.22. The first kappa shape index (κ1) is 10.7. The van der Waals surface area contributed by atoms with Gasteiger partial charge < -0.3 is 10.4 Å². The monoisotopic (exact) mass is 235 g/mol. The lowest BCUT2D eigenvalue weighted by Gasteiger charge is -2.09. The van der Waals surface area contributed by atoms with E-state index in [2.05, 4.69) is 11.9 Å². The van der Waals surface area contributed by atoms with Crippen molar-refractivity contribution in [2.75, 3.05) is 5.32 Å². The molecule has 1 aromatic heterocycles. The molecule has 0 radical (unpaired) electrons. The summed E-state index contributed by atoms with van der Waals surface area (Å²) in [5.41, 5.74) is 1.35. The van der Waals surface area contributed by atoms with Gasteiger partial charge in [0.2, 0.25) is 0 Å². The molecule has 2 aromatic rings. The molecule has 0 aliphatic rings. The maximum atomic E-state index is 13.2. The lowest BCUT2D eigenvalue weighted by atomic mass is 10.1. The molecule has 4 heteroatoms. The number of thiophene rings is 1. The molecule has 1 aromatic carbocycles. The van der Waals surface area contributed by atoms with Crippen LogP contribution in [0, 0.1) is 5.82 Å². The third kappa shape index (κ3) is 2.23. The van der Waals surface area contributed by atoms with Crippen LogP contribution in [0.3, 0.4) is 0 Å². The zero-order valence-electron chi connectivity index (χ0n) is 8.40. The van der Waals surface area contributed by atoms with Crippen LogP contribution in [0.5, 0.6) is 0 Å². The van der Waals surface area contributed by atoms with Crippen molar-refractivity contribution in [2.45, 2.75) is 0 Å². The van der Waals surface area contributed by atoms with E-state index < -0.39 is 0 Å². The lowest BCUT2D eigenvalue weighted by Crippen LogP contribution is -1.98. The third-order valence-electron chi connectivity index (χ3n) is 2.05. The Balaban J connectivity index is 2.48. The van der Waals surface area contributed by atoms with Crippen molar-refractivity contribution in [3.63, 3.8) is 0 Å². The topological polar surface area (TPSA) is 32.3 Å². The number of hydrogen-bond donors (Lipinski definition) is 2. The number of halogens is 1. The first-order valence-corrected chi connectivity index (χ1v) is 5.53. The van der Waals surface area contributed by atoms with Crippen molar-refractivity contribution < 1.29 is 9.50 Å². The molecule has 0 fully saturated rings. The van der Waals surface area contributed by atoms with Crippen molar-refractivity contribution in [1.82, 2.24) is 0 Å². The summed E-state index contributed by atoms with van der Waals surface area (Å²) < 4.78 is 13.2. The SMILES string of the molecule is C=C(O)Nc1ccc(F)cc1-c1cccs1. The number of nitrogens with one attached hydrogen (secondary N) is 1. The normalized spacial score (nSPS) is 10.1. The summed E-state index contributed by atoms with van der Waals surface area (Å²) in [5.74, 6) is -0.470. The van der Waals surface area contributed by atoms with Crippen LogP contribution in [0.1, 0.15) is 0 Å². The molecule has 0 saturated carbocycles. The standard InChI is InChI=1S/C12H10FNOS/c1-8(15)14-11-5-4-9(13)7-10(11)12-3-2-6-16-12/h2-7,14-15H,1H2. The van der Waals surface area contributed by atoms with Gasteiger partial charge in [0.1, 0.15) is 5.82 Å². The van der Waals surface area contributed by atoms with E-state index in [1.807, 2.05) is 17.5 Å². The number of anilines is 1. The summed E-state index contributed by atoms with van der Waals surface area (Å²) in [5, 5.41) is 13.7. The van der Waals surface area contributed by atoms with Crippen LogP contribution in [0.4, 0.5) is 10.1 Å². The Labute approximate surface area is 96.7 Å². The molecule has 0 bridgehead atoms. The van der Waals surface area contributed by atoms with Crippen molar-refractivity contribution in [2.24, 2.45) is 0 Å². The number of aliphatic hydroxyl groups excluding tert-OH is 1. The average Bonchev–Trinajstić information content (AvgIpc) is 2.73. The third-order valence-corrected chi connectivity index (χ3v) is 2.95. The van der Waals surface area contributed by atoms with E-state index in [9.17, 15) is 4.39 Å². The highest BCUT2D eigenvalue weighted by Crippen LogP contribution is 2.32. The van der Waals surface area contributed by atoms with Crippen LogP contribution in [-0.4, -0.2) is 5.11 Å². The molecule has 1 heterocycles. The molecule has 2 N–H and O–H groups in total. The predicted octanol–water partition coefficient (Wildman–Crippen LogP) is 4.00. The predicted molar refractivity (Wildman–Crippen MR) is 65.1 cm³/mol. The quantitative estimate of drug-likeness (QED) is 0.788. The maximum absolute atomic E-state index is 13.2. The molecule has 82 valence electrons. The van der Waals surface area contributed by atoms with E-state index in [0.29, 0.717) is 11.3 Å². The highest BCUT2D eigenvalue weighted by atomic mass is 32.1. The van der Waals surface area contributed by atoms with E-state index in [-0.39, 0.29) is 11.7 Å². The van der Waals surface area contributed by atoms with Gasteiger partial charge in [-0.05, 0) is 36.2 Å². The van der Waals surface area contributed by atoms with Crippen LogP contribution >= 0.6 is 11.3 Å². The van der Waals surface area contributed by atoms with Crippen LogP contribution in [0.15, 0.2) is 48.2 Å². The van der Waals surface area contributed by atoms with Gasteiger partial charge in [-0.15, -0.1) is 11.3 Å². The molecule has 0 saturated heterocycles. The number of benzene rings is 1. The number of rotatable bonds is 3. The van der Waals surface area contributed by atoms with Gasteiger partial charge in [0.15, 0.2) is 5.88 Å². The van der Waals surface area contributed by atoms with Gasteiger partial charge in [-0.2, -0.15) is 0 Å². The Morgan fingerprint density at radius 2 is 2.19 bits per heavy atom. The maximum Gasteiger partial charge on any atom is 0.181 e. The van der Waals surface area contributed by atoms with Gasteiger partial charge in [-0.3, -0.25) is 0 Å². The Kier molecular flexibility index (Phi) is 2.92. The molecule has 0 spiro atoms. The second-order valence-electron chi connectivity index (χ2n) is 3.24. The minimum Gasteiger partial charge on any atom is -0.495 e. The van der Waals surface area contributed by atoms with E-state index in [4.69, 9.17) is 5.11 Å². The average molecular weight is 235 g/mol. The smallest absolute Gasteiger partial charge is 0.181 e. The van der Waals surface area contributed by atoms with Crippen LogP contribution in [0.25, 0.3) is 10.4 Å². The Morgan fingerprint density at radius 3 is 2.81 bits per heavy atom. The van der Waals surface area contributed by atoms with Crippen LogP contribution in [-0.2, 0) is 0 Å². The summed E-state index contributed by atoms with van der Waals surface area (Å²) in [4.78, 5) is 0.934. The minimum atomic E-state index is -0.308. The molecule has 2 rings (SSSR count). The molecule has 0 atom stereocenters. The number of aliphatic hydroxyl groups is 1. The Morgan fingerprint density at radius 1 is 1.38 bits per heavy atom. The summed E-state index contributed by atoms with van der Waals surface area (Å²) in [6.45, 7) is 3.35. The summed E-state index contributed by atoms with van der Waals surface area (Å²) in [6, 6.07) is 8.12. The lowest BCUT2D eigenvalue weighted by molar-refractivity contribution is 0.422. The second-order valence-corrected chi connectivity index (χ2v) is 4.19. The Hall–Kier alpha value is -1.81. The van der Waals surface area contributed by atoms with E-state index in [1.165, 1.54) is 23.5 Å². The van der Waals surface area contributed by atoms with Crippen molar-refractivity contribution in [3.05, 3.63) is 54.0 Å². The summed E-state index contributed by atoms with van der Waals surface area (Å²) >= 11 is 1.51.